The van der Waals surface area contributed by atoms with E-state index in [2.05, 4.69) is 22.6 Å². The predicted molar refractivity (Wildman–Crippen MR) is 138 cm³/mol. The molecule has 0 radical (unpaired) electrons. The van der Waals surface area contributed by atoms with E-state index in [0.717, 1.165) is 5.57 Å². The van der Waals surface area contributed by atoms with Gasteiger partial charge in [-0.1, -0.05) is 49.4 Å². The third kappa shape index (κ3) is 9.06. The van der Waals surface area contributed by atoms with Crippen LogP contribution in [-0.2, 0) is 9.59 Å². The molecule has 0 aliphatic carbocycles. The largest absolute Gasteiger partial charge is 0.353 e. The molecule has 0 aliphatic heterocycles. The van der Waals surface area contributed by atoms with Gasteiger partial charge >= 0.3 is 0 Å². The molecule has 0 spiro atoms. The standard InChI is InChI=1S/C26H39N5O2/c1-7-10-15-21(9-3)24(29-27-4)25(26(33)28-19-20-30(5)6)31(23(32)18-11-8-2)22-16-13-12-14-17-22/h7-8,10-14,16-17,25,29H,4,9,15,18-20H2,1-3,5-6H3,(H,28,33)/b10-7-,11-8-,24-21+. The summed E-state index contributed by atoms with van der Waals surface area (Å²) < 4.78 is 0. The highest BCUT2D eigenvalue weighted by molar-refractivity contribution is 6.03. The molecule has 0 aliphatic rings. The molecule has 7 heteroatoms. The van der Waals surface area contributed by atoms with Gasteiger partial charge in [-0.15, -0.1) is 0 Å². The maximum atomic E-state index is 13.6. The Kier molecular flexibility index (Phi) is 13.2. The molecule has 7 nitrogen and oxygen atoms in total. The van der Waals surface area contributed by atoms with Crippen LogP contribution in [0.2, 0.25) is 0 Å². The molecule has 0 saturated carbocycles. The van der Waals surface area contributed by atoms with Gasteiger partial charge in [0.15, 0.2) is 6.04 Å². The van der Waals surface area contributed by atoms with Gasteiger partial charge in [0, 0.05) is 31.9 Å². The van der Waals surface area contributed by atoms with E-state index < -0.39 is 6.04 Å². The number of amides is 2. The minimum Gasteiger partial charge on any atom is -0.353 e. The third-order valence-corrected chi connectivity index (χ3v) is 5.08. The highest BCUT2D eigenvalue weighted by Crippen LogP contribution is 2.26. The highest BCUT2D eigenvalue weighted by atomic mass is 16.2. The average molecular weight is 454 g/mol. The number of hydrogen-bond acceptors (Lipinski definition) is 5. The van der Waals surface area contributed by atoms with Gasteiger partial charge in [0.25, 0.3) is 0 Å². The highest BCUT2D eigenvalue weighted by Gasteiger charge is 2.35. The number of carbonyl (C=O) groups is 2. The molecule has 180 valence electrons. The number of hydrogen-bond donors (Lipinski definition) is 2. The van der Waals surface area contributed by atoms with E-state index >= 15 is 0 Å². The first-order valence-corrected chi connectivity index (χ1v) is 11.4. The summed E-state index contributed by atoms with van der Waals surface area (Å²) in [6.45, 7) is 10.6. The Labute approximate surface area is 198 Å². The molecule has 2 amide bonds. The SMILES string of the molecule is C=NN/C(=C(\CC)C/C=C\C)C(C(=O)NCCN(C)C)N(C(=O)C/C=C\C)c1ccccc1. The molecule has 2 N–H and O–H groups in total. The second-order valence-corrected chi connectivity index (χ2v) is 7.78. The van der Waals surface area contributed by atoms with Gasteiger partial charge in [0.1, 0.15) is 0 Å². The molecule has 1 atom stereocenters. The molecule has 0 heterocycles. The van der Waals surface area contributed by atoms with Crippen molar-refractivity contribution in [1.29, 1.82) is 0 Å². The van der Waals surface area contributed by atoms with E-state index in [1.165, 1.54) is 0 Å². The fourth-order valence-corrected chi connectivity index (χ4v) is 3.34. The zero-order valence-electron chi connectivity index (χ0n) is 20.7. The Balaban J connectivity index is 3.68. The molecular formula is C26H39N5O2. The summed E-state index contributed by atoms with van der Waals surface area (Å²) in [4.78, 5) is 30.6. The van der Waals surface area contributed by atoms with Crippen LogP contribution in [0.15, 0.2) is 71.0 Å². The van der Waals surface area contributed by atoms with E-state index in [0.29, 0.717) is 37.3 Å². The lowest BCUT2D eigenvalue weighted by molar-refractivity contribution is -0.125. The fraction of sp³-hybridized carbons (Fsp3) is 0.423. The summed E-state index contributed by atoms with van der Waals surface area (Å²) in [7, 11) is 3.89. The topological polar surface area (TPSA) is 77.0 Å². The first kappa shape index (κ1) is 27.8. The van der Waals surface area contributed by atoms with Gasteiger partial charge < -0.3 is 10.2 Å². The number of carbonyl (C=O) groups excluding carboxylic acids is 2. The monoisotopic (exact) mass is 453 g/mol. The van der Waals surface area contributed by atoms with Gasteiger partial charge in [-0.3, -0.25) is 19.9 Å². The summed E-state index contributed by atoms with van der Waals surface area (Å²) in [5.41, 5.74) is 5.16. The van der Waals surface area contributed by atoms with Crippen LogP contribution in [0.1, 0.15) is 40.0 Å². The summed E-state index contributed by atoms with van der Waals surface area (Å²) >= 11 is 0. The van der Waals surface area contributed by atoms with Gasteiger partial charge in [0.2, 0.25) is 11.8 Å². The van der Waals surface area contributed by atoms with Crippen LogP contribution in [0.25, 0.3) is 0 Å². The molecule has 1 unspecified atom stereocenters. The number of nitrogens with one attached hydrogen (secondary N) is 2. The molecule has 1 rings (SSSR count). The normalized spacial score (nSPS) is 13.2. The van der Waals surface area contributed by atoms with Gasteiger partial charge in [-0.05, 0) is 58.5 Å². The number of hydrazone groups is 1. The molecular weight excluding hydrogens is 414 g/mol. The maximum Gasteiger partial charge on any atom is 0.249 e. The summed E-state index contributed by atoms with van der Waals surface area (Å²) in [6.07, 6.45) is 9.12. The van der Waals surface area contributed by atoms with Crippen LogP contribution in [0, 0.1) is 0 Å². The van der Waals surface area contributed by atoms with Crippen LogP contribution >= 0.6 is 0 Å². The minimum absolute atomic E-state index is 0.179. The van der Waals surface area contributed by atoms with Gasteiger partial charge in [0.05, 0.1) is 5.70 Å². The molecule has 0 fully saturated rings. The lowest BCUT2D eigenvalue weighted by Crippen LogP contribution is -2.54. The van der Waals surface area contributed by atoms with Crippen molar-refractivity contribution in [2.75, 3.05) is 32.1 Å². The number of para-hydroxylation sites is 1. The number of anilines is 1. The Bertz CT molecular complexity index is 843. The van der Waals surface area contributed by atoms with Crippen molar-refractivity contribution in [3.63, 3.8) is 0 Å². The van der Waals surface area contributed by atoms with Crippen LogP contribution in [0.5, 0.6) is 0 Å². The average Bonchev–Trinajstić information content (AvgIpc) is 2.81. The Hall–Kier alpha value is -3.19. The number of rotatable bonds is 14. The number of allylic oxidation sites excluding steroid dienone is 4. The quantitative estimate of drug-likeness (QED) is 0.255. The summed E-state index contributed by atoms with van der Waals surface area (Å²) in [6, 6.07) is 8.35. The van der Waals surface area contributed by atoms with E-state index in [9.17, 15) is 9.59 Å². The van der Waals surface area contributed by atoms with E-state index in [1.807, 2.05) is 88.3 Å². The minimum atomic E-state index is -0.918. The smallest absolute Gasteiger partial charge is 0.249 e. The van der Waals surface area contributed by atoms with Crippen molar-refractivity contribution in [2.24, 2.45) is 5.10 Å². The van der Waals surface area contributed by atoms with E-state index in [-0.39, 0.29) is 18.2 Å². The Morgan fingerprint density at radius 2 is 1.73 bits per heavy atom. The summed E-state index contributed by atoms with van der Waals surface area (Å²) in [5, 5.41) is 6.90. The van der Waals surface area contributed by atoms with Crippen molar-refractivity contribution in [3.05, 3.63) is 65.9 Å². The lowest BCUT2D eigenvalue weighted by atomic mass is 9.99. The molecule has 1 aromatic carbocycles. The molecule has 0 saturated heterocycles. The van der Waals surface area contributed by atoms with Crippen molar-refractivity contribution >= 4 is 24.2 Å². The Morgan fingerprint density at radius 1 is 1.09 bits per heavy atom. The predicted octanol–water partition coefficient (Wildman–Crippen LogP) is 3.87. The zero-order valence-corrected chi connectivity index (χ0v) is 20.7. The Morgan fingerprint density at radius 3 is 2.27 bits per heavy atom. The van der Waals surface area contributed by atoms with Gasteiger partial charge in [-0.2, -0.15) is 5.10 Å². The van der Waals surface area contributed by atoms with E-state index in [1.54, 1.807) is 11.0 Å². The summed E-state index contributed by atoms with van der Waals surface area (Å²) in [5.74, 6) is -0.455. The molecule has 1 aromatic rings. The van der Waals surface area contributed by atoms with Crippen molar-refractivity contribution in [2.45, 2.75) is 46.1 Å². The first-order valence-electron chi connectivity index (χ1n) is 11.4. The van der Waals surface area contributed by atoms with Crippen LogP contribution < -0.4 is 15.6 Å². The maximum absolute atomic E-state index is 13.6. The fourth-order valence-electron chi connectivity index (χ4n) is 3.34. The molecule has 33 heavy (non-hydrogen) atoms. The van der Waals surface area contributed by atoms with E-state index in [4.69, 9.17) is 0 Å². The van der Waals surface area contributed by atoms with Crippen molar-refractivity contribution in [1.82, 2.24) is 15.6 Å². The van der Waals surface area contributed by atoms with Gasteiger partial charge in [-0.25, -0.2) is 0 Å². The number of likely N-dealkylation sites (N-methyl/N-ethyl adjacent to an activating group) is 1. The first-order chi connectivity index (χ1) is 15.9. The van der Waals surface area contributed by atoms with Crippen LogP contribution in [-0.4, -0.2) is 56.7 Å². The number of nitrogens with zero attached hydrogens (tertiary/aromatic N) is 3. The lowest BCUT2D eigenvalue weighted by Gasteiger charge is -2.33. The molecule has 0 bridgehead atoms. The van der Waals surface area contributed by atoms with Crippen molar-refractivity contribution < 1.29 is 9.59 Å². The van der Waals surface area contributed by atoms with Crippen LogP contribution in [0.3, 0.4) is 0 Å². The van der Waals surface area contributed by atoms with Crippen LogP contribution in [0.4, 0.5) is 5.69 Å². The number of benzene rings is 1. The van der Waals surface area contributed by atoms with Crippen molar-refractivity contribution in [3.8, 4) is 0 Å². The second kappa shape index (κ2) is 15.6. The second-order valence-electron chi connectivity index (χ2n) is 7.78. The zero-order chi connectivity index (χ0) is 24.6. The third-order valence-electron chi connectivity index (χ3n) is 5.08. The molecule has 0 aromatic heterocycles.